The third kappa shape index (κ3) is 4.05. The van der Waals surface area contributed by atoms with Crippen LogP contribution in [0.3, 0.4) is 0 Å². The number of rotatable bonds is 5. The van der Waals surface area contributed by atoms with Crippen molar-refractivity contribution in [1.82, 2.24) is 5.43 Å². The second kappa shape index (κ2) is 7.21. The number of nitrogens with one attached hydrogen (secondary N) is 1. The van der Waals surface area contributed by atoms with Gasteiger partial charge in [-0.3, -0.25) is 4.79 Å². The summed E-state index contributed by atoms with van der Waals surface area (Å²) in [5.74, 6) is -0.460. The molecule has 0 aromatic heterocycles. The summed E-state index contributed by atoms with van der Waals surface area (Å²) in [6.45, 7) is 0. The van der Waals surface area contributed by atoms with E-state index >= 15 is 0 Å². The van der Waals surface area contributed by atoms with Crippen molar-refractivity contribution in [1.29, 1.82) is 0 Å². The molecule has 0 aliphatic carbocycles. The highest BCUT2D eigenvalue weighted by atomic mass is 19.1. The van der Waals surface area contributed by atoms with Gasteiger partial charge in [-0.1, -0.05) is 18.2 Å². The van der Waals surface area contributed by atoms with Gasteiger partial charge >= 0.3 is 0 Å². The summed E-state index contributed by atoms with van der Waals surface area (Å²) in [7, 11) is 1.42. The van der Waals surface area contributed by atoms with Gasteiger partial charge in [0.05, 0.1) is 25.3 Å². The summed E-state index contributed by atoms with van der Waals surface area (Å²) >= 11 is 0. The number of ether oxygens (including phenoxy) is 1. The minimum atomic E-state index is -0.495. The van der Waals surface area contributed by atoms with Crippen molar-refractivity contribution in [2.75, 3.05) is 7.11 Å². The summed E-state index contributed by atoms with van der Waals surface area (Å²) in [5, 5.41) is 13.0. The second-order valence-electron chi connectivity index (χ2n) is 4.50. The van der Waals surface area contributed by atoms with Crippen molar-refractivity contribution in [3.63, 3.8) is 0 Å². The molecule has 0 heterocycles. The molecular weight excluding hydrogens is 287 g/mol. The Balaban J connectivity index is 1.99. The molecule has 2 N–H and O–H groups in total. The van der Waals surface area contributed by atoms with Crippen LogP contribution in [0.15, 0.2) is 47.6 Å². The third-order valence-electron chi connectivity index (χ3n) is 2.89. The van der Waals surface area contributed by atoms with Gasteiger partial charge in [-0.05, 0) is 29.8 Å². The zero-order valence-corrected chi connectivity index (χ0v) is 11.9. The average molecular weight is 302 g/mol. The fourth-order valence-corrected chi connectivity index (χ4v) is 1.88. The van der Waals surface area contributed by atoms with Crippen molar-refractivity contribution >= 4 is 12.1 Å². The van der Waals surface area contributed by atoms with Gasteiger partial charge in [0.2, 0.25) is 5.91 Å². The molecule has 1 amide bonds. The van der Waals surface area contributed by atoms with Crippen LogP contribution >= 0.6 is 0 Å². The van der Waals surface area contributed by atoms with E-state index in [4.69, 9.17) is 4.74 Å². The van der Waals surface area contributed by atoms with Crippen LogP contribution in [0.1, 0.15) is 11.1 Å². The van der Waals surface area contributed by atoms with Crippen molar-refractivity contribution < 1.29 is 19.0 Å². The largest absolute Gasteiger partial charge is 0.508 e. The molecule has 0 aliphatic heterocycles. The summed E-state index contributed by atoms with van der Waals surface area (Å²) in [6, 6.07) is 10.8. The lowest BCUT2D eigenvalue weighted by Gasteiger charge is -2.05. The molecule has 2 aromatic carbocycles. The minimum Gasteiger partial charge on any atom is -0.508 e. The molecule has 114 valence electrons. The van der Waals surface area contributed by atoms with Crippen LogP contribution in [0.5, 0.6) is 11.5 Å². The van der Waals surface area contributed by atoms with Crippen molar-refractivity contribution in [2.45, 2.75) is 6.42 Å². The number of carbonyl (C=O) groups is 1. The van der Waals surface area contributed by atoms with Gasteiger partial charge in [0.1, 0.15) is 17.3 Å². The number of phenols is 1. The molecule has 5 nitrogen and oxygen atoms in total. The normalized spacial score (nSPS) is 10.6. The Kier molecular flexibility index (Phi) is 5.08. The van der Waals surface area contributed by atoms with E-state index in [9.17, 15) is 14.3 Å². The number of carbonyl (C=O) groups excluding carboxylic acids is 1. The molecule has 0 saturated heterocycles. The summed E-state index contributed by atoms with van der Waals surface area (Å²) in [6.07, 6.45) is 1.24. The zero-order valence-electron chi connectivity index (χ0n) is 11.9. The molecule has 0 spiro atoms. The van der Waals surface area contributed by atoms with Crippen LogP contribution in [0.2, 0.25) is 0 Å². The number of amides is 1. The molecule has 0 bridgehead atoms. The highest BCUT2D eigenvalue weighted by Gasteiger charge is 2.07. The smallest absolute Gasteiger partial charge is 0.244 e. The molecule has 0 saturated carbocycles. The SMILES string of the molecule is COc1cccc(F)c1/C=N/NC(=O)Cc1cccc(O)c1. The Labute approximate surface area is 127 Å². The van der Waals surface area contributed by atoms with E-state index in [1.54, 1.807) is 18.2 Å². The molecule has 2 aromatic rings. The lowest BCUT2D eigenvalue weighted by atomic mass is 10.1. The standard InChI is InChI=1S/C16H15FN2O3/c1-22-15-7-3-6-14(17)13(15)10-18-19-16(21)9-11-4-2-5-12(20)8-11/h2-8,10,20H,9H2,1H3,(H,19,21)/b18-10+. The lowest BCUT2D eigenvalue weighted by molar-refractivity contribution is -0.120. The number of hydrogen-bond acceptors (Lipinski definition) is 4. The predicted molar refractivity (Wildman–Crippen MR) is 80.5 cm³/mol. The van der Waals surface area contributed by atoms with Gasteiger partial charge in [0.25, 0.3) is 0 Å². The molecule has 2 rings (SSSR count). The van der Waals surface area contributed by atoms with Gasteiger partial charge in [0, 0.05) is 0 Å². The van der Waals surface area contributed by atoms with E-state index < -0.39 is 5.82 Å². The van der Waals surface area contributed by atoms with Crippen LogP contribution in [0.25, 0.3) is 0 Å². The van der Waals surface area contributed by atoms with Gasteiger partial charge in [-0.15, -0.1) is 0 Å². The summed E-state index contributed by atoms with van der Waals surface area (Å²) < 4.78 is 18.7. The first kappa shape index (κ1) is 15.5. The first-order chi connectivity index (χ1) is 10.6. The van der Waals surface area contributed by atoms with Gasteiger partial charge in [-0.2, -0.15) is 5.10 Å². The maximum absolute atomic E-state index is 13.6. The number of hydrazone groups is 1. The number of nitrogens with zero attached hydrogens (tertiary/aromatic N) is 1. The van der Waals surface area contributed by atoms with Gasteiger partial charge in [0.15, 0.2) is 0 Å². The van der Waals surface area contributed by atoms with Crippen LogP contribution in [0, 0.1) is 5.82 Å². The number of hydrogen-bond donors (Lipinski definition) is 2. The van der Waals surface area contributed by atoms with Crippen LogP contribution in [-0.4, -0.2) is 24.3 Å². The maximum Gasteiger partial charge on any atom is 0.244 e. The van der Waals surface area contributed by atoms with Crippen LogP contribution < -0.4 is 10.2 Å². The average Bonchev–Trinajstić information content (AvgIpc) is 2.48. The first-order valence-electron chi connectivity index (χ1n) is 6.52. The van der Waals surface area contributed by atoms with Crippen molar-refractivity contribution in [2.24, 2.45) is 5.10 Å². The topological polar surface area (TPSA) is 70.9 Å². The van der Waals surface area contributed by atoms with Gasteiger partial charge < -0.3 is 9.84 Å². The first-order valence-corrected chi connectivity index (χ1v) is 6.52. The lowest BCUT2D eigenvalue weighted by Crippen LogP contribution is -2.19. The van der Waals surface area contributed by atoms with E-state index in [2.05, 4.69) is 10.5 Å². The number of benzene rings is 2. The van der Waals surface area contributed by atoms with E-state index in [1.807, 2.05) is 0 Å². The fourth-order valence-electron chi connectivity index (χ4n) is 1.88. The Morgan fingerprint density at radius 2 is 2.14 bits per heavy atom. The molecule has 22 heavy (non-hydrogen) atoms. The zero-order chi connectivity index (χ0) is 15.9. The molecule has 0 radical (unpaired) electrons. The maximum atomic E-state index is 13.6. The Morgan fingerprint density at radius 1 is 1.36 bits per heavy atom. The molecule has 6 heteroatoms. The van der Waals surface area contributed by atoms with E-state index in [-0.39, 0.29) is 23.6 Å². The number of halogens is 1. The van der Waals surface area contributed by atoms with Crippen molar-refractivity contribution in [3.8, 4) is 11.5 Å². The summed E-state index contributed by atoms with van der Waals surface area (Å²) in [4.78, 5) is 11.7. The molecule has 0 atom stereocenters. The van der Waals surface area contributed by atoms with Gasteiger partial charge in [-0.25, -0.2) is 9.82 Å². The second-order valence-corrected chi connectivity index (χ2v) is 4.50. The van der Waals surface area contributed by atoms with Crippen LogP contribution in [0.4, 0.5) is 4.39 Å². The predicted octanol–water partition coefficient (Wildman–Crippen LogP) is 2.23. The Morgan fingerprint density at radius 3 is 2.86 bits per heavy atom. The van der Waals surface area contributed by atoms with E-state index in [0.717, 1.165) is 0 Å². The van der Waals surface area contributed by atoms with E-state index in [1.165, 1.54) is 37.6 Å². The number of phenolic OH excluding ortho intramolecular Hbond substituents is 1. The molecule has 0 aliphatic rings. The molecular formula is C16H15FN2O3. The highest BCUT2D eigenvalue weighted by molar-refractivity contribution is 5.86. The van der Waals surface area contributed by atoms with E-state index in [0.29, 0.717) is 11.3 Å². The minimum absolute atomic E-state index is 0.0557. The highest BCUT2D eigenvalue weighted by Crippen LogP contribution is 2.18. The number of methoxy groups -OCH3 is 1. The third-order valence-corrected chi connectivity index (χ3v) is 2.89. The molecule has 0 unspecified atom stereocenters. The number of aromatic hydroxyl groups is 1. The fraction of sp³-hybridized carbons (Fsp3) is 0.125. The summed E-state index contributed by atoms with van der Waals surface area (Å²) in [5.41, 5.74) is 3.11. The Bertz CT molecular complexity index is 702. The van der Waals surface area contributed by atoms with Crippen LogP contribution in [-0.2, 0) is 11.2 Å². The Hall–Kier alpha value is -2.89. The van der Waals surface area contributed by atoms with Crippen molar-refractivity contribution in [3.05, 3.63) is 59.4 Å². The quantitative estimate of drug-likeness (QED) is 0.657. The monoisotopic (exact) mass is 302 g/mol. The molecule has 0 fully saturated rings.